The summed E-state index contributed by atoms with van der Waals surface area (Å²) < 4.78 is 5.28. The number of halogens is 1. The van der Waals surface area contributed by atoms with E-state index in [0.29, 0.717) is 40.9 Å². The molecule has 0 bridgehead atoms. The first kappa shape index (κ1) is 22.9. The Hall–Kier alpha value is -2.73. The molecule has 1 heterocycles. The molecule has 31 heavy (non-hydrogen) atoms. The quantitative estimate of drug-likeness (QED) is 0.674. The summed E-state index contributed by atoms with van der Waals surface area (Å²) in [5.74, 6) is 0.859. The van der Waals surface area contributed by atoms with Gasteiger partial charge in [-0.25, -0.2) is 0 Å². The second kappa shape index (κ2) is 10.5. The summed E-state index contributed by atoms with van der Waals surface area (Å²) >= 11 is 6.03. The van der Waals surface area contributed by atoms with Crippen LogP contribution in [0, 0.1) is 5.92 Å². The number of carbonyl (C=O) groups excluding carboxylic acids is 2. The molecule has 1 aliphatic heterocycles. The van der Waals surface area contributed by atoms with Crippen LogP contribution in [0.1, 0.15) is 36.0 Å². The van der Waals surface area contributed by atoms with Gasteiger partial charge in [-0.2, -0.15) is 0 Å². The van der Waals surface area contributed by atoms with Crippen LogP contribution in [0.3, 0.4) is 0 Å². The SMILES string of the molecule is COc1ccc(Cl)cc1NC(=O)CC[C@H]1CCCN(C(=O)c2cccc(N(C)C)c2)C1. The zero-order valence-corrected chi connectivity index (χ0v) is 19.1. The molecule has 0 saturated carbocycles. The van der Waals surface area contributed by atoms with Gasteiger partial charge in [-0.3, -0.25) is 9.59 Å². The van der Waals surface area contributed by atoms with Crippen LogP contribution in [-0.4, -0.2) is 51.0 Å². The van der Waals surface area contributed by atoms with Crippen LogP contribution in [0.15, 0.2) is 42.5 Å². The normalized spacial score (nSPS) is 16.0. The van der Waals surface area contributed by atoms with Gasteiger partial charge in [-0.05, 0) is 61.6 Å². The first-order valence-corrected chi connectivity index (χ1v) is 10.9. The molecule has 166 valence electrons. The number of piperidine rings is 1. The van der Waals surface area contributed by atoms with Crippen molar-refractivity contribution < 1.29 is 14.3 Å². The molecule has 7 heteroatoms. The Morgan fingerprint density at radius 1 is 1.23 bits per heavy atom. The minimum atomic E-state index is -0.0808. The molecule has 2 aromatic carbocycles. The highest BCUT2D eigenvalue weighted by molar-refractivity contribution is 6.31. The Balaban J connectivity index is 1.55. The van der Waals surface area contributed by atoms with Crippen LogP contribution in [-0.2, 0) is 4.79 Å². The van der Waals surface area contributed by atoms with E-state index in [4.69, 9.17) is 16.3 Å². The number of hydrogen-bond acceptors (Lipinski definition) is 4. The van der Waals surface area contributed by atoms with Crippen molar-refractivity contribution in [2.45, 2.75) is 25.7 Å². The van der Waals surface area contributed by atoms with Gasteiger partial charge in [0.15, 0.2) is 0 Å². The second-order valence-corrected chi connectivity index (χ2v) is 8.57. The molecule has 1 aliphatic rings. The molecule has 2 amide bonds. The molecule has 3 rings (SSSR count). The van der Waals surface area contributed by atoms with Crippen molar-refractivity contribution in [1.29, 1.82) is 0 Å². The smallest absolute Gasteiger partial charge is 0.253 e. The van der Waals surface area contributed by atoms with Gasteiger partial charge >= 0.3 is 0 Å². The number of rotatable bonds is 7. The van der Waals surface area contributed by atoms with Gasteiger partial charge in [-0.1, -0.05) is 17.7 Å². The summed E-state index contributed by atoms with van der Waals surface area (Å²) in [6, 6.07) is 12.8. The van der Waals surface area contributed by atoms with Crippen LogP contribution in [0.2, 0.25) is 5.02 Å². The number of likely N-dealkylation sites (tertiary alicyclic amines) is 1. The van der Waals surface area contributed by atoms with Crippen molar-refractivity contribution in [3.63, 3.8) is 0 Å². The van der Waals surface area contributed by atoms with Crippen LogP contribution in [0.5, 0.6) is 5.75 Å². The van der Waals surface area contributed by atoms with Gasteiger partial charge in [0.2, 0.25) is 5.91 Å². The molecule has 0 unspecified atom stereocenters. The lowest BCUT2D eigenvalue weighted by molar-refractivity contribution is -0.116. The third kappa shape index (κ3) is 6.14. The predicted octanol–water partition coefficient (Wildman–Crippen LogP) is 4.69. The number of ether oxygens (including phenoxy) is 1. The van der Waals surface area contributed by atoms with Crippen molar-refractivity contribution in [3.05, 3.63) is 53.1 Å². The lowest BCUT2D eigenvalue weighted by Gasteiger charge is -2.33. The first-order valence-electron chi connectivity index (χ1n) is 10.6. The highest BCUT2D eigenvalue weighted by Gasteiger charge is 2.25. The van der Waals surface area contributed by atoms with E-state index in [-0.39, 0.29) is 11.8 Å². The fourth-order valence-corrected chi connectivity index (χ4v) is 4.08. The van der Waals surface area contributed by atoms with Gasteiger partial charge < -0.3 is 19.9 Å². The topological polar surface area (TPSA) is 61.9 Å². The van der Waals surface area contributed by atoms with Crippen LogP contribution < -0.4 is 15.0 Å². The molecule has 2 aromatic rings. The summed E-state index contributed by atoms with van der Waals surface area (Å²) in [7, 11) is 5.48. The highest BCUT2D eigenvalue weighted by Crippen LogP contribution is 2.28. The van der Waals surface area contributed by atoms with Gasteiger partial charge in [0.25, 0.3) is 5.91 Å². The summed E-state index contributed by atoms with van der Waals surface area (Å²) in [5, 5.41) is 3.42. The van der Waals surface area contributed by atoms with E-state index in [9.17, 15) is 9.59 Å². The molecule has 0 aliphatic carbocycles. The fraction of sp³-hybridized carbons (Fsp3) is 0.417. The number of amides is 2. The molecule has 1 fully saturated rings. The minimum absolute atomic E-state index is 0.0570. The van der Waals surface area contributed by atoms with E-state index in [2.05, 4.69) is 5.32 Å². The number of benzene rings is 2. The zero-order chi connectivity index (χ0) is 22.4. The number of nitrogens with one attached hydrogen (secondary N) is 1. The van der Waals surface area contributed by atoms with E-state index >= 15 is 0 Å². The zero-order valence-electron chi connectivity index (χ0n) is 18.4. The summed E-state index contributed by atoms with van der Waals surface area (Å²) in [6.07, 6.45) is 3.09. The maximum Gasteiger partial charge on any atom is 0.253 e. The maximum atomic E-state index is 13.0. The second-order valence-electron chi connectivity index (χ2n) is 8.14. The van der Waals surface area contributed by atoms with Gasteiger partial charge in [0.05, 0.1) is 12.8 Å². The number of hydrogen-bond donors (Lipinski definition) is 1. The average Bonchev–Trinajstić information content (AvgIpc) is 2.77. The largest absolute Gasteiger partial charge is 0.495 e. The Morgan fingerprint density at radius 2 is 2.03 bits per heavy atom. The van der Waals surface area contributed by atoms with Gasteiger partial charge in [0.1, 0.15) is 5.75 Å². The summed E-state index contributed by atoms with van der Waals surface area (Å²) in [6.45, 7) is 1.44. The molecule has 0 radical (unpaired) electrons. The summed E-state index contributed by atoms with van der Waals surface area (Å²) in [4.78, 5) is 29.4. The number of nitrogens with zero attached hydrogens (tertiary/aromatic N) is 2. The number of anilines is 2. The fourth-order valence-electron chi connectivity index (χ4n) is 3.91. The summed E-state index contributed by atoms with van der Waals surface area (Å²) in [5.41, 5.74) is 2.28. The monoisotopic (exact) mass is 443 g/mol. The predicted molar refractivity (Wildman–Crippen MR) is 125 cm³/mol. The van der Waals surface area contributed by atoms with E-state index in [0.717, 1.165) is 31.5 Å². The van der Waals surface area contributed by atoms with E-state index in [1.165, 1.54) is 0 Å². The van der Waals surface area contributed by atoms with Crippen molar-refractivity contribution in [3.8, 4) is 5.75 Å². The molecular formula is C24H30ClN3O3. The third-order valence-electron chi connectivity index (χ3n) is 5.63. The molecular weight excluding hydrogens is 414 g/mol. The lowest BCUT2D eigenvalue weighted by atomic mass is 9.92. The Labute approximate surface area is 189 Å². The van der Waals surface area contributed by atoms with Gasteiger partial charge in [0, 0.05) is 49.9 Å². The average molecular weight is 444 g/mol. The Morgan fingerprint density at radius 3 is 2.77 bits per heavy atom. The van der Waals surface area contributed by atoms with Gasteiger partial charge in [-0.15, -0.1) is 0 Å². The van der Waals surface area contributed by atoms with Crippen LogP contribution >= 0.6 is 11.6 Å². The number of carbonyl (C=O) groups is 2. The third-order valence-corrected chi connectivity index (χ3v) is 5.87. The van der Waals surface area contributed by atoms with Crippen LogP contribution in [0.25, 0.3) is 0 Å². The van der Waals surface area contributed by atoms with E-state index in [1.54, 1.807) is 25.3 Å². The minimum Gasteiger partial charge on any atom is -0.495 e. The van der Waals surface area contributed by atoms with Crippen LogP contribution in [0.4, 0.5) is 11.4 Å². The maximum absolute atomic E-state index is 13.0. The molecule has 1 saturated heterocycles. The van der Waals surface area contributed by atoms with E-state index in [1.807, 2.05) is 48.2 Å². The Kier molecular flexibility index (Phi) is 7.80. The lowest BCUT2D eigenvalue weighted by Crippen LogP contribution is -2.40. The van der Waals surface area contributed by atoms with Crippen molar-refractivity contribution in [1.82, 2.24) is 4.90 Å². The molecule has 6 nitrogen and oxygen atoms in total. The van der Waals surface area contributed by atoms with E-state index < -0.39 is 0 Å². The number of methoxy groups -OCH3 is 1. The molecule has 0 aromatic heterocycles. The molecule has 0 spiro atoms. The highest BCUT2D eigenvalue weighted by atomic mass is 35.5. The molecule has 1 atom stereocenters. The molecule has 1 N–H and O–H groups in total. The first-order chi connectivity index (χ1) is 14.9. The van der Waals surface area contributed by atoms with Crippen molar-refractivity contribution in [2.75, 3.05) is 44.5 Å². The van der Waals surface area contributed by atoms with Crippen molar-refractivity contribution >= 4 is 34.8 Å². The van der Waals surface area contributed by atoms with Crippen molar-refractivity contribution in [2.24, 2.45) is 5.92 Å². The standard InChI is InChI=1S/C24H30ClN3O3/c1-27(2)20-8-4-7-18(14-20)24(30)28-13-5-6-17(16-28)9-12-23(29)26-21-15-19(25)10-11-22(21)31-3/h4,7-8,10-11,14-15,17H,5-6,9,12-13,16H2,1-3H3,(H,26,29)/t17-/m1/s1. The Bertz CT molecular complexity index is 932.